The predicted octanol–water partition coefficient (Wildman–Crippen LogP) is 3.16. The molecule has 28 heavy (non-hydrogen) atoms. The van der Waals surface area contributed by atoms with Crippen molar-refractivity contribution in [2.45, 2.75) is 58.5 Å². The van der Waals surface area contributed by atoms with E-state index in [2.05, 4.69) is 10.6 Å². The van der Waals surface area contributed by atoms with Crippen LogP contribution in [-0.2, 0) is 4.79 Å². The second-order valence-electron chi connectivity index (χ2n) is 8.46. The number of benzene rings is 1. The number of carbonyl (C=O) groups is 2. The lowest BCUT2D eigenvalue weighted by Gasteiger charge is -2.35. The largest absolute Gasteiger partial charge is 0.341 e. The molecule has 1 aromatic rings. The summed E-state index contributed by atoms with van der Waals surface area (Å²) in [6, 6.07) is 7.54. The summed E-state index contributed by atoms with van der Waals surface area (Å²) >= 11 is 0. The molecule has 0 aromatic heterocycles. The molecule has 6 heteroatoms. The molecule has 3 rings (SSSR count). The summed E-state index contributed by atoms with van der Waals surface area (Å²) in [4.78, 5) is 27.7. The molecule has 1 saturated heterocycles. The third-order valence-electron chi connectivity index (χ3n) is 5.81. The Labute approximate surface area is 175 Å². The van der Waals surface area contributed by atoms with Gasteiger partial charge in [-0.3, -0.25) is 9.59 Å². The number of aryl methyl sites for hydroxylation is 1. The van der Waals surface area contributed by atoms with Gasteiger partial charge >= 0.3 is 0 Å². The van der Waals surface area contributed by atoms with E-state index < -0.39 is 6.04 Å². The van der Waals surface area contributed by atoms with Gasteiger partial charge in [0, 0.05) is 24.7 Å². The third-order valence-corrected chi connectivity index (χ3v) is 5.81. The van der Waals surface area contributed by atoms with Crippen molar-refractivity contribution in [2.75, 3.05) is 19.6 Å². The summed E-state index contributed by atoms with van der Waals surface area (Å²) in [5, 5.41) is 6.63. The Balaban J connectivity index is 0.00000280. The molecule has 0 spiro atoms. The monoisotopic (exact) mass is 407 g/mol. The molecule has 1 heterocycles. The summed E-state index contributed by atoms with van der Waals surface area (Å²) in [6.07, 6.45) is 4.71. The SMILES string of the molecule is Cc1ccccc1C(=O)NC(C(=O)N1CCC(NCC2CC2)CC1)C(C)C.Cl. The maximum Gasteiger partial charge on any atom is 0.252 e. The number of amides is 2. The van der Waals surface area contributed by atoms with Crippen molar-refractivity contribution in [2.24, 2.45) is 11.8 Å². The van der Waals surface area contributed by atoms with E-state index in [1.165, 1.54) is 12.8 Å². The second kappa shape index (κ2) is 10.3. The number of hydrogen-bond acceptors (Lipinski definition) is 3. The number of piperidine rings is 1. The Morgan fingerprint density at radius 2 is 1.75 bits per heavy atom. The minimum Gasteiger partial charge on any atom is -0.341 e. The molecule has 156 valence electrons. The van der Waals surface area contributed by atoms with Gasteiger partial charge in [-0.2, -0.15) is 0 Å². The molecule has 1 unspecified atom stereocenters. The Hall–Kier alpha value is -1.59. The molecule has 1 aromatic carbocycles. The predicted molar refractivity (Wildman–Crippen MR) is 115 cm³/mol. The zero-order valence-corrected chi connectivity index (χ0v) is 18.1. The lowest BCUT2D eigenvalue weighted by atomic mass is 9.98. The Bertz CT molecular complexity index is 668. The zero-order chi connectivity index (χ0) is 19.4. The highest BCUT2D eigenvalue weighted by Crippen LogP contribution is 2.28. The van der Waals surface area contributed by atoms with Crippen LogP contribution in [0.2, 0.25) is 0 Å². The van der Waals surface area contributed by atoms with Crippen LogP contribution in [0.15, 0.2) is 24.3 Å². The van der Waals surface area contributed by atoms with Crippen molar-refractivity contribution in [3.8, 4) is 0 Å². The molecular formula is C22H34ClN3O2. The maximum absolute atomic E-state index is 13.1. The molecule has 2 fully saturated rings. The van der Waals surface area contributed by atoms with Crippen LogP contribution in [-0.4, -0.2) is 48.4 Å². The zero-order valence-electron chi connectivity index (χ0n) is 17.2. The molecule has 1 atom stereocenters. The molecule has 1 saturated carbocycles. The number of carbonyl (C=O) groups excluding carboxylic acids is 2. The van der Waals surface area contributed by atoms with Gasteiger partial charge in [0.2, 0.25) is 5.91 Å². The van der Waals surface area contributed by atoms with Gasteiger partial charge in [-0.25, -0.2) is 0 Å². The van der Waals surface area contributed by atoms with Crippen molar-refractivity contribution in [3.05, 3.63) is 35.4 Å². The lowest BCUT2D eigenvalue weighted by Crippen LogP contribution is -2.54. The van der Waals surface area contributed by atoms with Gasteiger partial charge < -0.3 is 15.5 Å². The normalized spacial score (nSPS) is 18.5. The average Bonchev–Trinajstić information content (AvgIpc) is 3.49. The van der Waals surface area contributed by atoms with Crippen molar-refractivity contribution >= 4 is 24.2 Å². The number of hydrogen-bond donors (Lipinski definition) is 2. The van der Waals surface area contributed by atoms with Gasteiger partial charge in [0.1, 0.15) is 6.04 Å². The van der Waals surface area contributed by atoms with E-state index in [0.29, 0.717) is 11.6 Å². The molecule has 5 nitrogen and oxygen atoms in total. The van der Waals surface area contributed by atoms with Crippen molar-refractivity contribution < 1.29 is 9.59 Å². The Morgan fingerprint density at radius 3 is 2.32 bits per heavy atom. The van der Waals surface area contributed by atoms with Crippen LogP contribution in [0, 0.1) is 18.8 Å². The first kappa shape index (κ1) is 22.7. The van der Waals surface area contributed by atoms with Crippen molar-refractivity contribution in [1.29, 1.82) is 0 Å². The summed E-state index contributed by atoms with van der Waals surface area (Å²) in [5.41, 5.74) is 1.56. The molecule has 1 aliphatic heterocycles. The van der Waals surface area contributed by atoms with E-state index in [9.17, 15) is 9.59 Å². The Kier molecular flexibility index (Phi) is 8.32. The van der Waals surface area contributed by atoms with E-state index in [1.807, 2.05) is 49.9 Å². The quantitative estimate of drug-likeness (QED) is 0.729. The van der Waals surface area contributed by atoms with E-state index >= 15 is 0 Å². The van der Waals surface area contributed by atoms with Gasteiger partial charge in [-0.1, -0.05) is 32.0 Å². The maximum atomic E-state index is 13.1. The van der Waals surface area contributed by atoms with Crippen LogP contribution >= 0.6 is 12.4 Å². The van der Waals surface area contributed by atoms with Crippen molar-refractivity contribution in [3.63, 3.8) is 0 Å². The standard InChI is InChI=1S/C22H33N3O2.ClH/c1-15(2)20(24-21(26)19-7-5-4-6-16(19)3)22(27)25-12-10-18(11-13-25)23-14-17-8-9-17;/h4-7,15,17-18,20,23H,8-14H2,1-3H3,(H,24,26);1H. The highest BCUT2D eigenvalue weighted by Gasteiger charge is 2.32. The van der Waals surface area contributed by atoms with E-state index in [-0.39, 0.29) is 30.1 Å². The first-order chi connectivity index (χ1) is 13.0. The van der Waals surface area contributed by atoms with Gasteiger partial charge in [0.25, 0.3) is 5.91 Å². The van der Waals surface area contributed by atoms with Crippen LogP contribution in [0.3, 0.4) is 0 Å². The highest BCUT2D eigenvalue weighted by molar-refractivity contribution is 5.98. The molecule has 0 bridgehead atoms. The number of nitrogens with one attached hydrogen (secondary N) is 2. The minimum absolute atomic E-state index is 0. The van der Waals surface area contributed by atoms with Crippen LogP contribution in [0.25, 0.3) is 0 Å². The summed E-state index contributed by atoms with van der Waals surface area (Å²) in [5.74, 6) is 0.816. The van der Waals surface area contributed by atoms with Gasteiger partial charge in [-0.05, 0) is 62.6 Å². The smallest absolute Gasteiger partial charge is 0.252 e. The fraction of sp³-hybridized carbons (Fsp3) is 0.636. The number of halogens is 1. The summed E-state index contributed by atoms with van der Waals surface area (Å²) in [7, 11) is 0. The lowest BCUT2D eigenvalue weighted by molar-refractivity contribution is -0.135. The molecule has 0 radical (unpaired) electrons. The fourth-order valence-electron chi connectivity index (χ4n) is 3.72. The molecular weight excluding hydrogens is 374 g/mol. The van der Waals surface area contributed by atoms with E-state index in [4.69, 9.17) is 0 Å². The van der Waals surface area contributed by atoms with Crippen LogP contribution in [0.1, 0.15) is 55.5 Å². The second-order valence-corrected chi connectivity index (χ2v) is 8.46. The van der Waals surface area contributed by atoms with Crippen molar-refractivity contribution in [1.82, 2.24) is 15.5 Å². The van der Waals surface area contributed by atoms with E-state index in [0.717, 1.165) is 44.0 Å². The van der Waals surface area contributed by atoms with Gasteiger partial charge in [0.05, 0.1) is 0 Å². The topological polar surface area (TPSA) is 61.4 Å². The molecule has 2 aliphatic rings. The Morgan fingerprint density at radius 1 is 1.11 bits per heavy atom. The third kappa shape index (κ3) is 5.95. The van der Waals surface area contributed by atoms with Crippen LogP contribution in [0.5, 0.6) is 0 Å². The first-order valence-electron chi connectivity index (χ1n) is 10.3. The summed E-state index contributed by atoms with van der Waals surface area (Å²) in [6.45, 7) is 8.56. The number of rotatable bonds is 7. The van der Waals surface area contributed by atoms with Crippen LogP contribution < -0.4 is 10.6 Å². The van der Waals surface area contributed by atoms with Crippen LogP contribution in [0.4, 0.5) is 0 Å². The highest BCUT2D eigenvalue weighted by atomic mass is 35.5. The number of likely N-dealkylation sites (tertiary alicyclic amines) is 1. The molecule has 2 N–H and O–H groups in total. The summed E-state index contributed by atoms with van der Waals surface area (Å²) < 4.78 is 0. The minimum atomic E-state index is -0.479. The van der Waals surface area contributed by atoms with E-state index in [1.54, 1.807) is 0 Å². The van der Waals surface area contributed by atoms with Gasteiger partial charge in [-0.15, -0.1) is 12.4 Å². The average molecular weight is 408 g/mol. The molecule has 2 amide bonds. The number of nitrogens with zero attached hydrogens (tertiary/aromatic N) is 1. The fourth-order valence-corrected chi connectivity index (χ4v) is 3.72. The molecule has 1 aliphatic carbocycles. The first-order valence-corrected chi connectivity index (χ1v) is 10.3. The van der Waals surface area contributed by atoms with Gasteiger partial charge in [0.15, 0.2) is 0 Å².